The highest BCUT2D eigenvalue weighted by Crippen LogP contribution is 2.16. The summed E-state index contributed by atoms with van der Waals surface area (Å²) in [5.41, 5.74) is 5.95. The van der Waals surface area contributed by atoms with Crippen LogP contribution in [-0.2, 0) is 8.85 Å². The third kappa shape index (κ3) is 8.86. The normalized spacial score (nSPS) is 16.9. The molecule has 0 radical (unpaired) electrons. The number of allylic oxidation sites excluding steroid dienone is 1. The van der Waals surface area contributed by atoms with E-state index in [2.05, 4.69) is 26.5 Å². The first-order valence-electron chi connectivity index (χ1n) is 7.23. The van der Waals surface area contributed by atoms with Crippen molar-refractivity contribution in [3.05, 3.63) is 12.2 Å². The quantitative estimate of drug-likeness (QED) is 0.268. The molecular weight excluding hydrogens is 242 g/mol. The second kappa shape index (κ2) is 10.7. The van der Waals surface area contributed by atoms with Gasteiger partial charge in [-0.3, -0.25) is 0 Å². The molecule has 0 fully saturated rings. The zero-order chi connectivity index (χ0) is 13.9. The summed E-state index contributed by atoms with van der Waals surface area (Å²) in [5, 5.41) is 0. The van der Waals surface area contributed by atoms with Crippen molar-refractivity contribution in [1.82, 2.24) is 0 Å². The molecule has 0 aliphatic carbocycles. The Kier molecular flexibility index (Phi) is 10.6. The molecule has 108 valence electrons. The molecule has 0 amide bonds. The fourth-order valence-corrected chi connectivity index (χ4v) is 3.89. The monoisotopic (exact) mass is 273 g/mol. The second-order valence-corrected chi connectivity index (χ2v) is 8.36. The van der Waals surface area contributed by atoms with Gasteiger partial charge in [-0.15, -0.1) is 0 Å². The molecular formula is C14H31NO2Si. The molecule has 0 rings (SSSR count). The largest absolute Gasteiger partial charge is 0.398 e. The Balaban J connectivity index is 3.86. The lowest BCUT2D eigenvalue weighted by Crippen LogP contribution is -2.43. The summed E-state index contributed by atoms with van der Waals surface area (Å²) >= 11 is 0. The van der Waals surface area contributed by atoms with Gasteiger partial charge in [-0.05, 0) is 31.5 Å². The average Bonchev–Trinajstić information content (AvgIpc) is 2.34. The van der Waals surface area contributed by atoms with Gasteiger partial charge in [0.2, 0.25) is 0 Å². The Morgan fingerprint density at radius 2 is 1.89 bits per heavy atom. The third-order valence-electron chi connectivity index (χ3n) is 3.07. The Hall–Kier alpha value is -0.163. The first-order valence-corrected chi connectivity index (χ1v) is 9.75. The van der Waals surface area contributed by atoms with E-state index in [0.29, 0.717) is 0 Å². The van der Waals surface area contributed by atoms with Crippen LogP contribution < -0.4 is 5.73 Å². The average molecular weight is 273 g/mol. The highest BCUT2D eigenvalue weighted by molar-refractivity contribution is 6.66. The molecule has 2 atom stereocenters. The van der Waals surface area contributed by atoms with E-state index >= 15 is 0 Å². The van der Waals surface area contributed by atoms with Gasteiger partial charge in [0.15, 0.2) is 0 Å². The van der Waals surface area contributed by atoms with Gasteiger partial charge in [-0.2, -0.15) is 0 Å². The molecule has 0 saturated carbocycles. The molecule has 0 bridgehead atoms. The molecule has 3 nitrogen and oxygen atoms in total. The lowest BCUT2D eigenvalue weighted by Gasteiger charge is -2.27. The van der Waals surface area contributed by atoms with E-state index in [1.165, 1.54) is 25.7 Å². The van der Waals surface area contributed by atoms with Crippen molar-refractivity contribution < 1.29 is 8.85 Å². The van der Waals surface area contributed by atoms with E-state index in [9.17, 15) is 0 Å². The van der Waals surface area contributed by atoms with Crippen molar-refractivity contribution in [3.8, 4) is 0 Å². The molecule has 4 heteroatoms. The van der Waals surface area contributed by atoms with Gasteiger partial charge in [0.1, 0.15) is 6.23 Å². The van der Waals surface area contributed by atoms with Gasteiger partial charge in [0.25, 0.3) is 0 Å². The van der Waals surface area contributed by atoms with Crippen LogP contribution in [0.1, 0.15) is 52.4 Å². The van der Waals surface area contributed by atoms with Crippen molar-refractivity contribution in [3.63, 3.8) is 0 Å². The summed E-state index contributed by atoms with van der Waals surface area (Å²) in [5.74, 6) is 0. The van der Waals surface area contributed by atoms with E-state index in [-0.39, 0.29) is 6.23 Å². The first-order chi connectivity index (χ1) is 8.58. The maximum Gasteiger partial charge on any atom is 0.336 e. The Morgan fingerprint density at radius 3 is 2.44 bits per heavy atom. The minimum absolute atomic E-state index is 0.320. The van der Waals surface area contributed by atoms with Gasteiger partial charge >= 0.3 is 8.56 Å². The summed E-state index contributed by atoms with van der Waals surface area (Å²) in [6, 6.07) is 0.988. The van der Waals surface area contributed by atoms with Crippen LogP contribution in [0, 0.1) is 0 Å². The topological polar surface area (TPSA) is 44.5 Å². The predicted octanol–water partition coefficient (Wildman–Crippen LogP) is 3.94. The summed E-state index contributed by atoms with van der Waals surface area (Å²) < 4.78 is 11.4. The van der Waals surface area contributed by atoms with Crippen molar-refractivity contribution >= 4 is 8.56 Å². The van der Waals surface area contributed by atoms with Crippen molar-refractivity contribution in [1.29, 1.82) is 0 Å². The van der Waals surface area contributed by atoms with E-state index in [0.717, 1.165) is 18.9 Å². The summed E-state index contributed by atoms with van der Waals surface area (Å²) in [6.07, 6.45) is 11.1. The molecule has 0 aromatic heterocycles. The fourth-order valence-electron chi connectivity index (χ4n) is 1.91. The standard InChI is InChI=1S/C14H31NO2Si/c1-5-7-8-9-10-11-12-14(15)17-18(4,16-3)13-6-2/h11-12,14H,5-10,13,15H2,1-4H3. The zero-order valence-corrected chi connectivity index (χ0v) is 13.6. The molecule has 2 N–H and O–H groups in total. The first kappa shape index (κ1) is 17.8. The van der Waals surface area contributed by atoms with Crippen LogP contribution in [-0.4, -0.2) is 21.9 Å². The smallest absolute Gasteiger partial charge is 0.336 e. The molecule has 0 spiro atoms. The SMILES string of the molecule is CCCCCCC=CC(N)O[Si](C)(CCC)OC. The lowest BCUT2D eigenvalue weighted by atomic mass is 10.1. The van der Waals surface area contributed by atoms with Gasteiger partial charge < -0.3 is 14.6 Å². The Bertz CT molecular complexity index is 224. The molecule has 0 aliphatic heterocycles. The molecule has 0 aliphatic rings. The van der Waals surface area contributed by atoms with E-state index in [1.54, 1.807) is 7.11 Å². The molecule has 2 unspecified atom stereocenters. The van der Waals surface area contributed by atoms with Crippen molar-refractivity contribution in [2.24, 2.45) is 5.73 Å². The van der Waals surface area contributed by atoms with Gasteiger partial charge in [0.05, 0.1) is 0 Å². The summed E-state index contributed by atoms with van der Waals surface area (Å²) in [6.45, 7) is 6.44. The minimum Gasteiger partial charge on any atom is -0.398 e. The fraction of sp³-hybridized carbons (Fsp3) is 0.857. The number of unbranched alkanes of at least 4 members (excludes halogenated alkanes) is 4. The van der Waals surface area contributed by atoms with Crippen molar-refractivity contribution in [2.75, 3.05) is 7.11 Å². The van der Waals surface area contributed by atoms with E-state index in [4.69, 9.17) is 14.6 Å². The molecule has 0 aromatic rings. The van der Waals surface area contributed by atoms with Gasteiger partial charge in [-0.25, -0.2) is 0 Å². The van der Waals surface area contributed by atoms with Crippen LogP contribution >= 0.6 is 0 Å². The zero-order valence-electron chi connectivity index (χ0n) is 12.6. The maximum absolute atomic E-state index is 5.95. The molecule has 0 saturated heterocycles. The number of nitrogens with two attached hydrogens (primary N) is 1. The van der Waals surface area contributed by atoms with E-state index < -0.39 is 8.56 Å². The summed E-state index contributed by atoms with van der Waals surface area (Å²) in [4.78, 5) is 0. The Morgan fingerprint density at radius 1 is 1.17 bits per heavy atom. The number of hydrogen-bond donors (Lipinski definition) is 1. The van der Waals surface area contributed by atoms with Crippen LogP contribution in [0.25, 0.3) is 0 Å². The predicted molar refractivity (Wildman–Crippen MR) is 80.7 cm³/mol. The van der Waals surface area contributed by atoms with Crippen LogP contribution in [0.5, 0.6) is 0 Å². The van der Waals surface area contributed by atoms with E-state index in [1.807, 2.05) is 6.08 Å². The van der Waals surface area contributed by atoms with Gasteiger partial charge in [0, 0.05) is 7.11 Å². The minimum atomic E-state index is -2.04. The van der Waals surface area contributed by atoms with Gasteiger partial charge in [-0.1, -0.05) is 45.6 Å². The number of hydrogen-bond acceptors (Lipinski definition) is 3. The van der Waals surface area contributed by atoms with Crippen LogP contribution in [0.2, 0.25) is 12.6 Å². The molecule has 0 aromatic carbocycles. The lowest BCUT2D eigenvalue weighted by molar-refractivity contribution is 0.167. The third-order valence-corrected chi connectivity index (χ3v) is 6.11. The summed E-state index contributed by atoms with van der Waals surface area (Å²) in [7, 11) is -0.319. The molecule has 0 heterocycles. The highest BCUT2D eigenvalue weighted by Gasteiger charge is 2.30. The number of rotatable bonds is 11. The van der Waals surface area contributed by atoms with Crippen LogP contribution in [0.4, 0.5) is 0 Å². The van der Waals surface area contributed by atoms with Crippen LogP contribution in [0.15, 0.2) is 12.2 Å². The highest BCUT2D eigenvalue weighted by atomic mass is 28.4. The Labute approximate surface area is 114 Å². The van der Waals surface area contributed by atoms with Crippen LogP contribution in [0.3, 0.4) is 0 Å². The maximum atomic E-state index is 5.95. The second-order valence-electron chi connectivity index (χ2n) is 4.95. The van der Waals surface area contributed by atoms with Crippen molar-refractivity contribution in [2.45, 2.75) is 71.2 Å². The molecule has 18 heavy (non-hydrogen) atoms.